The molecule has 9 nitrogen and oxygen atoms in total. The first-order valence-corrected chi connectivity index (χ1v) is 19.1. The highest BCUT2D eigenvalue weighted by atomic mass is 16.7. The summed E-state index contributed by atoms with van der Waals surface area (Å²) < 4.78 is 6.05. The van der Waals surface area contributed by atoms with Gasteiger partial charge in [0.15, 0.2) is 0 Å². The number of nitrogens with zero attached hydrogens (tertiary/aromatic N) is 2. The van der Waals surface area contributed by atoms with Crippen LogP contribution in [0.15, 0.2) is 72.8 Å². The first kappa shape index (κ1) is 38.0. The maximum atomic E-state index is 14.2. The SMILES string of the molecule is CC[C@@H]1[C@H](CO)ON(Cc2cccc(-c3cccc(C(=O)N[C@@H](Cc4ccccc4)CN(C)C)c3)c2OC)[C@@H]1C(=O)N[C@H]1C[C@H]2C[C@@H]([C@@H]1C)C2(C)C. The number of hydrogen-bond donors (Lipinski definition) is 3. The van der Waals surface area contributed by atoms with E-state index in [0.717, 1.165) is 29.5 Å². The maximum absolute atomic E-state index is 14.2. The summed E-state index contributed by atoms with van der Waals surface area (Å²) in [6.45, 7) is 9.92. The quantitative estimate of drug-likeness (QED) is 0.190. The molecule has 52 heavy (non-hydrogen) atoms. The zero-order valence-electron chi connectivity index (χ0n) is 32.0. The van der Waals surface area contributed by atoms with Crippen LogP contribution in [-0.2, 0) is 22.6 Å². The number of ether oxygens (including phenoxy) is 1. The molecule has 0 aromatic heterocycles. The molecule has 8 atom stereocenters. The number of carbonyl (C=O) groups is 2. The molecule has 2 bridgehead atoms. The number of benzene rings is 3. The third-order valence-corrected chi connectivity index (χ3v) is 12.4. The van der Waals surface area contributed by atoms with Crippen LogP contribution < -0.4 is 15.4 Å². The van der Waals surface area contributed by atoms with Gasteiger partial charge in [0.2, 0.25) is 5.91 Å². The van der Waals surface area contributed by atoms with Gasteiger partial charge in [-0.15, -0.1) is 0 Å². The molecule has 1 aliphatic heterocycles. The Hall–Kier alpha value is -3.76. The molecule has 3 aromatic carbocycles. The average molecular weight is 711 g/mol. The zero-order chi connectivity index (χ0) is 37.2. The Morgan fingerprint density at radius 2 is 1.81 bits per heavy atom. The van der Waals surface area contributed by atoms with Gasteiger partial charge in [0.25, 0.3) is 5.91 Å². The monoisotopic (exact) mass is 710 g/mol. The number of carbonyl (C=O) groups excluding carboxylic acids is 2. The average Bonchev–Trinajstić information content (AvgIpc) is 3.49. The highest BCUT2D eigenvalue weighted by Crippen LogP contribution is 2.61. The Balaban J connectivity index is 1.21. The van der Waals surface area contributed by atoms with Gasteiger partial charge in [0.05, 0.1) is 20.3 Å². The van der Waals surface area contributed by atoms with Gasteiger partial charge in [-0.3, -0.25) is 14.4 Å². The third-order valence-electron chi connectivity index (χ3n) is 12.4. The molecule has 4 fully saturated rings. The van der Waals surface area contributed by atoms with Crippen molar-refractivity contribution < 1.29 is 24.3 Å². The van der Waals surface area contributed by atoms with Crippen molar-refractivity contribution >= 4 is 11.8 Å². The van der Waals surface area contributed by atoms with Gasteiger partial charge < -0.3 is 25.4 Å². The van der Waals surface area contributed by atoms with Gasteiger partial charge in [0.1, 0.15) is 17.9 Å². The normalized spacial score (nSPS) is 27.1. The molecule has 2 amide bonds. The number of para-hydroxylation sites is 1. The van der Waals surface area contributed by atoms with Crippen molar-refractivity contribution in [1.82, 2.24) is 20.6 Å². The number of hydrogen-bond acceptors (Lipinski definition) is 7. The standard InChI is InChI=1S/C43H58N4O5/c1-8-34-38(26-48)52-47(39(34)42(50)45-37-23-32-22-36(27(37)2)43(32,3)4)24-31-18-13-19-35(40(31)51-7)29-16-12-17-30(21-29)41(49)44-33(25-46(5)6)20-28-14-10-9-11-15-28/h9-19,21,27,32-34,36-39,48H,8,20,22-26H2,1-7H3,(H,44,49)(H,45,50)/t27-,32+,33-,34+,36-,37-,38-,39-/m0/s1. The molecule has 7 rings (SSSR count). The van der Waals surface area contributed by atoms with Gasteiger partial charge >= 0.3 is 0 Å². The second-order valence-corrected chi connectivity index (χ2v) is 16.2. The van der Waals surface area contributed by atoms with Gasteiger partial charge in [-0.2, -0.15) is 5.06 Å². The van der Waals surface area contributed by atoms with Crippen LogP contribution in [0.4, 0.5) is 0 Å². The number of fused-ring (bicyclic) bond motifs is 2. The summed E-state index contributed by atoms with van der Waals surface area (Å²) >= 11 is 0. The molecular weight excluding hydrogens is 652 g/mol. The molecule has 3 N–H and O–H groups in total. The van der Waals surface area contributed by atoms with Gasteiger partial charge in [0, 0.05) is 41.2 Å². The van der Waals surface area contributed by atoms with Crippen LogP contribution in [0.5, 0.6) is 5.75 Å². The minimum absolute atomic E-state index is 0.0348. The van der Waals surface area contributed by atoms with E-state index in [2.05, 4.69) is 55.4 Å². The first-order chi connectivity index (χ1) is 24.9. The van der Waals surface area contributed by atoms with E-state index in [1.165, 1.54) is 12.0 Å². The fourth-order valence-electron chi connectivity index (χ4n) is 9.40. The molecule has 9 heteroatoms. The number of methoxy groups -OCH3 is 1. The van der Waals surface area contributed by atoms with E-state index >= 15 is 0 Å². The van der Waals surface area contributed by atoms with Crippen molar-refractivity contribution in [3.05, 3.63) is 89.5 Å². The van der Waals surface area contributed by atoms with Crippen molar-refractivity contribution in [2.45, 2.75) is 84.2 Å². The number of nitrogens with one attached hydrogen (secondary N) is 2. The molecule has 280 valence electrons. The van der Waals surface area contributed by atoms with E-state index in [-0.39, 0.29) is 36.4 Å². The van der Waals surface area contributed by atoms with Crippen molar-refractivity contribution in [1.29, 1.82) is 0 Å². The largest absolute Gasteiger partial charge is 0.496 e. The lowest BCUT2D eigenvalue weighted by atomic mass is 9.45. The fraction of sp³-hybridized carbons (Fsp3) is 0.535. The predicted molar refractivity (Wildman–Crippen MR) is 205 cm³/mol. The summed E-state index contributed by atoms with van der Waals surface area (Å²) in [5, 5.41) is 18.8. The van der Waals surface area contributed by atoms with Gasteiger partial charge in [-0.05, 0) is 86.2 Å². The lowest BCUT2D eigenvalue weighted by molar-refractivity contribution is -0.183. The Morgan fingerprint density at radius 1 is 1.06 bits per heavy atom. The molecule has 1 saturated heterocycles. The molecule has 3 saturated carbocycles. The summed E-state index contributed by atoms with van der Waals surface area (Å²) in [5.41, 5.74) is 4.61. The van der Waals surface area contributed by atoms with Gasteiger partial charge in [-0.25, -0.2) is 0 Å². The molecule has 0 radical (unpaired) electrons. The number of aliphatic hydroxyl groups is 1. The van der Waals surface area contributed by atoms with Gasteiger partial charge in [-0.1, -0.05) is 88.4 Å². The minimum atomic E-state index is -0.549. The minimum Gasteiger partial charge on any atom is -0.496 e. The van der Waals surface area contributed by atoms with E-state index in [0.29, 0.717) is 54.0 Å². The Kier molecular flexibility index (Phi) is 11.7. The summed E-state index contributed by atoms with van der Waals surface area (Å²) in [6, 6.07) is 23.3. The topological polar surface area (TPSA) is 103 Å². The molecule has 0 unspecified atom stereocenters. The first-order valence-electron chi connectivity index (χ1n) is 19.1. The van der Waals surface area contributed by atoms with E-state index < -0.39 is 12.1 Å². The van der Waals surface area contributed by atoms with E-state index in [1.54, 1.807) is 12.2 Å². The van der Waals surface area contributed by atoms with Crippen molar-refractivity contribution in [3.8, 4) is 16.9 Å². The van der Waals surface area contributed by atoms with Crippen LogP contribution in [0.1, 0.15) is 68.4 Å². The molecular formula is C43H58N4O5. The Morgan fingerprint density at radius 3 is 2.46 bits per heavy atom. The van der Waals surface area contributed by atoms with Crippen molar-refractivity contribution in [2.24, 2.45) is 29.1 Å². The highest BCUT2D eigenvalue weighted by molar-refractivity contribution is 5.96. The summed E-state index contributed by atoms with van der Waals surface area (Å²) in [7, 11) is 5.67. The highest BCUT2D eigenvalue weighted by Gasteiger charge is 2.57. The molecule has 4 aliphatic rings. The fourth-order valence-corrected chi connectivity index (χ4v) is 9.40. The molecule has 1 heterocycles. The van der Waals surface area contributed by atoms with Crippen LogP contribution >= 0.6 is 0 Å². The lowest BCUT2D eigenvalue weighted by Crippen LogP contribution is -2.62. The second kappa shape index (κ2) is 16.1. The number of aliphatic hydroxyl groups excluding tert-OH is 1. The van der Waals surface area contributed by atoms with Crippen molar-refractivity contribution in [2.75, 3.05) is 34.4 Å². The number of hydroxylamine groups is 2. The molecule has 0 spiro atoms. The van der Waals surface area contributed by atoms with Crippen LogP contribution in [0.3, 0.4) is 0 Å². The number of rotatable bonds is 14. The summed E-state index contributed by atoms with van der Waals surface area (Å²) in [4.78, 5) is 36.3. The third kappa shape index (κ3) is 7.79. The Bertz CT molecular complexity index is 1700. The smallest absolute Gasteiger partial charge is 0.251 e. The van der Waals surface area contributed by atoms with Crippen LogP contribution in [0, 0.1) is 29.1 Å². The predicted octanol–water partition coefficient (Wildman–Crippen LogP) is 5.95. The summed E-state index contributed by atoms with van der Waals surface area (Å²) in [6.07, 6.45) is 3.20. The number of amides is 2. The second-order valence-electron chi connectivity index (χ2n) is 16.2. The van der Waals surface area contributed by atoms with Crippen molar-refractivity contribution in [3.63, 3.8) is 0 Å². The van der Waals surface area contributed by atoms with E-state index in [1.807, 2.05) is 74.8 Å². The zero-order valence-corrected chi connectivity index (χ0v) is 32.0. The Labute approximate surface area is 310 Å². The van der Waals surface area contributed by atoms with Crippen LogP contribution in [-0.4, -0.2) is 85.5 Å². The maximum Gasteiger partial charge on any atom is 0.251 e. The molecule has 3 aliphatic carbocycles. The van der Waals surface area contributed by atoms with Crippen LogP contribution in [0.25, 0.3) is 11.1 Å². The lowest BCUT2D eigenvalue weighted by Gasteiger charge is -2.62. The number of likely N-dealkylation sites (N-methyl/N-ethyl adjacent to an activating group) is 1. The molecule has 3 aromatic rings. The van der Waals surface area contributed by atoms with E-state index in [4.69, 9.17) is 9.57 Å². The van der Waals surface area contributed by atoms with Crippen LogP contribution in [0.2, 0.25) is 0 Å². The summed E-state index contributed by atoms with van der Waals surface area (Å²) in [5.74, 6) is 1.99. The van der Waals surface area contributed by atoms with E-state index in [9.17, 15) is 14.7 Å².